The molecule has 0 unspecified atom stereocenters. The Kier molecular flexibility index (Phi) is 6.94. The number of amidine groups is 2. The molecule has 0 spiro atoms. The molecule has 0 radical (unpaired) electrons. The average Bonchev–Trinajstić information content (AvgIpc) is 3.40. The quantitative estimate of drug-likeness (QED) is 0.507. The number of nitrogens with zero attached hydrogens (tertiary/aromatic N) is 3. The lowest BCUT2D eigenvalue weighted by atomic mass is 9.83. The molecule has 0 bridgehead atoms. The van der Waals surface area contributed by atoms with Gasteiger partial charge in [-0.3, -0.25) is 0 Å². The van der Waals surface area contributed by atoms with Gasteiger partial charge in [0.1, 0.15) is 0 Å². The second-order valence-electron chi connectivity index (χ2n) is 8.33. The van der Waals surface area contributed by atoms with Gasteiger partial charge >= 0.3 is 10.2 Å². The van der Waals surface area contributed by atoms with Gasteiger partial charge in [-0.1, -0.05) is 34.6 Å². The van der Waals surface area contributed by atoms with Crippen molar-refractivity contribution in [2.75, 3.05) is 18.4 Å². The zero-order valence-corrected chi connectivity index (χ0v) is 21.3. The van der Waals surface area contributed by atoms with E-state index in [0.717, 1.165) is 16.9 Å². The molecular weight excluding hydrogens is 490 g/mol. The van der Waals surface area contributed by atoms with Crippen LogP contribution in [0.3, 0.4) is 0 Å². The highest BCUT2D eigenvalue weighted by atomic mass is 32.2. The smallest absolute Gasteiger partial charge is 0.367 e. The van der Waals surface area contributed by atoms with Crippen LogP contribution in [0, 0.1) is 5.41 Å². The lowest BCUT2D eigenvalue weighted by Gasteiger charge is -2.31. The number of anilines is 1. The van der Waals surface area contributed by atoms with E-state index in [0.29, 0.717) is 0 Å². The topological polar surface area (TPSA) is 154 Å². The fraction of sp³-hybridized carbons (Fsp3) is 0.474. The summed E-state index contributed by atoms with van der Waals surface area (Å²) >= 11 is 0.824. The van der Waals surface area contributed by atoms with Crippen LogP contribution in [-0.4, -0.2) is 51.0 Å². The van der Waals surface area contributed by atoms with E-state index < -0.39 is 26.0 Å². The monoisotopic (exact) mass is 517 g/mol. The number of thiophene rings is 1. The minimum absolute atomic E-state index is 0.00620. The first-order valence-corrected chi connectivity index (χ1v) is 13.8. The van der Waals surface area contributed by atoms with Crippen LogP contribution in [-0.2, 0) is 20.2 Å². The van der Waals surface area contributed by atoms with Crippen LogP contribution < -0.4 is 10.6 Å². The number of aromatic hydroxyl groups is 1. The van der Waals surface area contributed by atoms with Gasteiger partial charge in [-0.2, -0.15) is 12.7 Å². The van der Waals surface area contributed by atoms with Crippen molar-refractivity contribution in [1.29, 1.82) is 0 Å². The van der Waals surface area contributed by atoms with Crippen molar-refractivity contribution >= 4 is 48.9 Å². The fourth-order valence-corrected chi connectivity index (χ4v) is 6.91. The first kappa shape index (κ1) is 25.2. The van der Waals surface area contributed by atoms with E-state index in [1.807, 2.05) is 20.8 Å². The van der Waals surface area contributed by atoms with Gasteiger partial charge in [0.15, 0.2) is 21.6 Å². The third-order valence-electron chi connectivity index (χ3n) is 4.93. The lowest BCUT2D eigenvalue weighted by Crippen LogP contribution is -2.41. The second kappa shape index (κ2) is 9.08. The Balaban J connectivity index is 1.93. The molecule has 0 saturated carbocycles. The molecule has 2 aromatic rings. The van der Waals surface area contributed by atoms with E-state index in [-0.39, 0.29) is 46.1 Å². The number of hydrogen-bond acceptors (Lipinski definition) is 9. The summed E-state index contributed by atoms with van der Waals surface area (Å²) in [5, 5.41) is 17.8. The third-order valence-corrected chi connectivity index (χ3v) is 9.29. The molecule has 14 heteroatoms. The summed E-state index contributed by atoms with van der Waals surface area (Å²) in [4.78, 5) is 0. The van der Waals surface area contributed by atoms with Crippen molar-refractivity contribution in [3.8, 4) is 5.75 Å². The minimum Gasteiger partial charge on any atom is -0.504 e. The van der Waals surface area contributed by atoms with Crippen LogP contribution in [0.15, 0.2) is 41.4 Å². The predicted octanol–water partition coefficient (Wildman–Crippen LogP) is 2.92. The molecule has 0 amide bonds. The first-order chi connectivity index (χ1) is 15.3. The van der Waals surface area contributed by atoms with Crippen molar-refractivity contribution in [2.24, 2.45) is 14.2 Å². The summed E-state index contributed by atoms with van der Waals surface area (Å²) in [7, 11) is -8.06. The summed E-state index contributed by atoms with van der Waals surface area (Å²) in [6.07, 6.45) is 3.06. The number of rotatable bonds is 7. The summed E-state index contributed by atoms with van der Waals surface area (Å²) < 4.78 is 63.3. The summed E-state index contributed by atoms with van der Waals surface area (Å²) in [5.41, 5.74) is 0.422. The average molecular weight is 518 g/mol. The number of sulfonamides is 1. The summed E-state index contributed by atoms with van der Waals surface area (Å²) in [6, 6.07) is 1.37. The van der Waals surface area contributed by atoms with Gasteiger partial charge < -0.3 is 20.2 Å². The van der Waals surface area contributed by atoms with Crippen LogP contribution >= 0.6 is 11.3 Å². The molecule has 33 heavy (non-hydrogen) atoms. The molecule has 1 aliphatic rings. The van der Waals surface area contributed by atoms with Crippen LogP contribution in [0.25, 0.3) is 0 Å². The maximum Gasteiger partial charge on any atom is 0.367 e. The van der Waals surface area contributed by atoms with E-state index >= 15 is 0 Å². The number of hydrogen-bond donors (Lipinski definition) is 3. The molecule has 2 aromatic heterocycles. The van der Waals surface area contributed by atoms with Crippen molar-refractivity contribution in [3.05, 3.63) is 29.5 Å². The highest BCUT2D eigenvalue weighted by Crippen LogP contribution is 2.39. The van der Waals surface area contributed by atoms with E-state index in [1.165, 1.54) is 15.9 Å². The first-order valence-electron chi connectivity index (χ1n) is 10.1. The lowest BCUT2D eigenvalue weighted by molar-refractivity contribution is 0.302. The zero-order valence-electron chi connectivity index (χ0n) is 18.9. The van der Waals surface area contributed by atoms with Crippen molar-refractivity contribution < 1.29 is 26.4 Å². The molecule has 0 aliphatic carbocycles. The van der Waals surface area contributed by atoms with Gasteiger partial charge in [-0.05, 0) is 11.5 Å². The third kappa shape index (κ3) is 5.23. The van der Waals surface area contributed by atoms with Gasteiger partial charge in [0.25, 0.3) is 10.0 Å². The van der Waals surface area contributed by atoms with Crippen LogP contribution in [0.4, 0.5) is 5.69 Å². The van der Waals surface area contributed by atoms with Gasteiger partial charge in [0.05, 0.1) is 24.3 Å². The SMILES string of the molecule is CCN(CC)S(=O)(=O)c1scc(NC2=NS(=O)(=O)N=C2N[C@@H](c2ccoc2)C(C)(C)C)c1O. The van der Waals surface area contributed by atoms with Gasteiger partial charge in [-0.15, -0.1) is 20.1 Å². The molecule has 3 rings (SSSR count). The van der Waals surface area contributed by atoms with E-state index in [4.69, 9.17) is 4.42 Å². The van der Waals surface area contributed by atoms with Crippen molar-refractivity contribution in [1.82, 2.24) is 9.62 Å². The Morgan fingerprint density at radius 3 is 2.39 bits per heavy atom. The van der Waals surface area contributed by atoms with Crippen molar-refractivity contribution in [3.63, 3.8) is 0 Å². The van der Waals surface area contributed by atoms with Crippen molar-refractivity contribution in [2.45, 2.75) is 44.9 Å². The molecule has 11 nitrogen and oxygen atoms in total. The molecule has 0 fully saturated rings. The molecular formula is C19H27N5O6S3. The highest BCUT2D eigenvalue weighted by Gasteiger charge is 2.34. The Morgan fingerprint density at radius 2 is 1.85 bits per heavy atom. The summed E-state index contributed by atoms with van der Waals surface area (Å²) in [6.45, 7) is 9.76. The predicted molar refractivity (Wildman–Crippen MR) is 128 cm³/mol. The Labute approximate surface area is 197 Å². The van der Waals surface area contributed by atoms with Crippen LogP contribution in [0.1, 0.15) is 46.2 Å². The molecule has 3 N–H and O–H groups in total. The Morgan fingerprint density at radius 1 is 1.21 bits per heavy atom. The standard InChI is InChI=1S/C19H27N5O6S3/c1-6-24(7-2)32(26,27)18-14(25)13(11-31-18)20-16-17(23-33(28,29)22-16)21-15(19(3,4)5)12-8-9-30-10-12/h8-11,15,25H,6-7H2,1-5H3,(H,20,22)(H,21,23)/t15-/m0/s1. The fourth-order valence-electron chi connectivity index (χ4n) is 3.30. The Hall–Kier alpha value is -2.42. The molecule has 1 aliphatic heterocycles. The minimum atomic E-state index is -4.16. The highest BCUT2D eigenvalue weighted by molar-refractivity contribution is 7.91. The van der Waals surface area contributed by atoms with E-state index in [1.54, 1.807) is 26.2 Å². The second-order valence-corrected chi connectivity index (χ2v) is 12.6. The molecule has 182 valence electrons. The molecule has 3 heterocycles. The van der Waals surface area contributed by atoms with E-state index in [2.05, 4.69) is 19.4 Å². The zero-order chi connectivity index (χ0) is 24.6. The van der Waals surface area contributed by atoms with E-state index in [9.17, 15) is 21.9 Å². The largest absolute Gasteiger partial charge is 0.504 e. The normalized spacial score (nSPS) is 17.0. The molecule has 0 aromatic carbocycles. The molecule has 0 saturated heterocycles. The number of furan rings is 1. The maximum absolute atomic E-state index is 12.8. The van der Waals surface area contributed by atoms with Gasteiger partial charge in [0, 0.05) is 24.0 Å². The summed E-state index contributed by atoms with van der Waals surface area (Å²) in [5.74, 6) is -0.733. The van der Waals surface area contributed by atoms with Gasteiger partial charge in [-0.25, -0.2) is 8.42 Å². The van der Waals surface area contributed by atoms with Crippen LogP contribution in [0.2, 0.25) is 0 Å². The van der Waals surface area contributed by atoms with Crippen LogP contribution in [0.5, 0.6) is 5.75 Å². The molecule has 1 atom stereocenters. The van der Waals surface area contributed by atoms with Gasteiger partial charge in [0.2, 0.25) is 0 Å². The maximum atomic E-state index is 12.8. The Bertz CT molecular complexity index is 1270. The number of nitrogens with one attached hydrogen (secondary N) is 2.